The van der Waals surface area contributed by atoms with Crippen LogP contribution in [0.15, 0.2) is 72.8 Å². The van der Waals surface area contributed by atoms with E-state index in [0.717, 1.165) is 39.1 Å². The van der Waals surface area contributed by atoms with Crippen LogP contribution in [0.25, 0.3) is 11.1 Å². The summed E-state index contributed by atoms with van der Waals surface area (Å²) in [5.41, 5.74) is 5.70. The van der Waals surface area contributed by atoms with Crippen LogP contribution >= 0.6 is 11.8 Å². The van der Waals surface area contributed by atoms with E-state index in [1.165, 1.54) is 0 Å². The number of rotatable bonds is 13. The van der Waals surface area contributed by atoms with Gasteiger partial charge in [0.1, 0.15) is 0 Å². The quantitative estimate of drug-likeness (QED) is 0.222. The Morgan fingerprint density at radius 2 is 1.62 bits per heavy atom. The molecule has 1 saturated heterocycles. The van der Waals surface area contributed by atoms with Crippen molar-refractivity contribution in [2.75, 3.05) is 18.1 Å². The van der Waals surface area contributed by atoms with E-state index in [9.17, 15) is 19.8 Å². The molecule has 0 aromatic heterocycles. The monoisotopic (exact) mass is 565 g/mol. The molecule has 0 spiro atoms. The van der Waals surface area contributed by atoms with Crippen LogP contribution in [0.4, 0.5) is 0 Å². The third-order valence-corrected chi connectivity index (χ3v) is 7.73. The number of carbonyl (C=O) groups excluding carboxylic acids is 1. The number of carboxylic acids is 1. The molecule has 1 aliphatic rings. The predicted molar refractivity (Wildman–Crippen MR) is 153 cm³/mol. The number of aliphatic hydroxyl groups is 2. The van der Waals surface area contributed by atoms with Crippen molar-refractivity contribution in [1.29, 1.82) is 0 Å². The van der Waals surface area contributed by atoms with Crippen LogP contribution in [0.2, 0.25) is 0 Å². The third-order valence-electron chi connectivity index (χ3n) is 6.65. The van der Waals surface area contributed by atoms with Crippen LogP contribution in [0.5, 0.6) is 0 Å². The van der Waals surface area contributed by atoms with Crippen molar-refractivity contribution in [2.24, 2.45) is 0 Å². The molecule has 4 rings (SSSR count). The Kier molecular flexibility index (Phi) is 11.1. The first kappa shape index (κ1) is 29.8. The van der Waals surface area contributed by atoms with Crippen LogP contribution in [0.3, 0.4) is 0 Å². The summed E-state index contributed by atoms with van der Waals surface area (Å²) in [7, 11) is 0. The van der Waals surface area contributed by atoms with E-state index in [0.29, 0.717) is 18.7 Å². The number of amides is 1. The van der Waals surface area contributed by atoms with E-state index in [1.54, 1.807) is 11.8 Å². The zero-order valence-corrected chi connectivity index (χ0v) is 23.0. The SMILES string of the molecule is O=C(O)CCC(=O)NCc1cccc(-c2ccc(C3OC(CSCCO)CC(c4ccc(CO)cc4)O3)cc2)c1. The second-order valence-electron chi connectivity index (χ2n) is 9.64. The minimum Gasteiger partial charge on any atom is -0.481 e. The molecule has 0 aliphatic carbocycles. The number of thioether (sulfide) groups is 1. The van der Waals surface area contributed by atoms with Gasteiger partial charge in [0.05, 0.1) is 31.8 Å². The second-order valence-corrected chi connectivity index (χ2v) is 10.8. The molecule has 0 saturated carbocycles. The Labute approximate surface area is 238 Å². The van der Waals surface area contributed by atoms with Crippen LogP contribution in [-0.2, 0) is 32.2 Å². The van der Waals surface area contributed by atoms with Gasteiger partial charge in [-0.15, -0.1) is 0 Å². The lowest BCUT2D eigenvalue weighted by molar-refractivity contribution is -0.245. The lowest BCUT2D eigenvalue weighted by atomic mass is 9.99. The van der Waals surface area contributed by atoms with Crippen molar-refractivity contribution in [3.63, 3.8) is 0 Å². The molecule has 1 aliphatic heterocycles. The normalized spacial score (nSPS) is 18.8. The van der Waals surface area contributed by atoms with E-state index in [1.807, 2.05) is 72.8 Å². The second kappa shape index (κ2) is 15.0. The number of hydrogen-bond acceptors (Lipinski definition) is 7. The lowest BCUT2D eigenvalue weighted by Crippen LogP contribution is -2.31. The van der Waals surface area contributed by atoms with E-state index in [-0.39, 0.29) is 44.2 Å². The molecular weight excluding hydrogens is 530 g/mol. The summed E-state index contributed by atoms with van der Waals surface area (Å²) in [5.74, 6) is 0.123. The molecule has 40 heavy (non-hydrogen) atoms. The van der Waals surface area contributed by atoms with Gasteiger partial charge < -0.3 is 30.1 Å². The maximum Gasteiger partial charge on any atom is 0.303 e. The van der Waals surface area contributed by atoms with Crippen molar-refractivity contribution in [2.45, 2.75) is 50.9 Å². The summed E-state index contributed by atoms with van der Waals surface area (Å²) >= 11 is 1.65. The predicted octanol–water partition coefficient (Wildman–Crippen LogP) is 4.60. The summed E-state index contributed by atoms with van der Waals surface area (Å²) in [6.45, 7) is 0.447. The topological polar surface area (TPSA) is 125 Å². The maximum atomic E-state index is 11.9. The van der Waals surface area contributed by atoms with Gasteiger partial charge >= 0.3 is 5.97 Å². The van der Waals surface area contributed by atoms with Gasteiger partial charge in [-0.2, -0.15) is 11.8 Å². The Morgan fingerprint density at radius 3 is 2.33 bits per heavy atom. The summed E-state index contributed by atoms with van der Waals surface area (Å²) in [6.07, 6.45) is -0.278. The zero-order chi connectivity index (χ0) is 28.3. The van der Waals surface area contributed by atoms with Gasteiger partial charge in [0.15, 0.2) is 6.29 Å². The molecule has 0 bridgehead atoms. The van der Waals surface area contributed by atoms with Crippen LogP contribution in [-0.4, -0.2) is 51.4 Å². The van der Waals surface area contributed by atoms with Crippen molar-refractivity contribution in [3.8, 4) is 11.1 Å². The van der Waals surface area contributed by atoms with Gasteiger partial charge in [-0.25, -0.2) is 0 Å². The van der Waals surface area contributed by atoms with Crippen LogP contribution in [0, 0.1) is 0 Å². The lowest BCUT2D eigenvalue weighted by Gasteiger charge is -2.36. The van der Waals surface area contributed by atoms with Gasteiger partial charge in [0.2, 0.25) is 5.91 Å². The molecule has 4 N–H and O–H groups in total. The van der Waals surface area contributed by atoms with Gasteiger partial charge in [-0.05, 0) is 33.9 Å². The number of ether oxygens (including phenoxy) is 2. The average Bonchev–Trinajstić information content (AvgIpc) is 2.99. The molecule has 212 valence electrons. The summed E-state index contributed by atoms with van der Waals surface area (Å²) < 4.78 is 12.7. The van der Waals surface area contributed by atoms with E-state index >= 15 is 0 Å². The van der Waals surface area contributed by atoms with Gasteiger partial charge in [-0.1, -0.05) is 66.7 Å². The fourth-order valence-corrected chi connectivity index (χ4v) is 5.28. The smallest absolute Gasteiger partial charge is 0.303 e. The third kappa shape index (κ3) is 8.64. The number of benzene rings is 3. The molecule has 3 unspecified atom stereocenters. The Balaban J connectivity index is 1.44. The van der Waals surface area contributed by atoms with Crippen molar-refractivity contribution in [1.82, 2.24) is 5.32 Å². The number of nitrogens with one attached hydrogen (secondary N) is 1. The Bertz CT molecular complexity index is 1250. The first-order chi connectivity index (χ1) is 19.4. The minimum absolute atomic E-state index is 0.00531. The molecule has 0 radical (unpaired) electrons. The molecule has 3 aromatic rings. The van der Waals surface area contributed by atoms with Gasteiger partial charge in [0, 0.05) is 36.5 Å². The van der Waals surface area contributed by atoms with Gasteiger partial charge in [-0.3, -0.25) is 9.59 Å². The van der Waals surface area contributed by atoms with Crippen LogP contribution < -0.4 is 5.32 Å². The fourth-order valence-electron chi connectivity index (χ4n) is 4.51. The summed E-state index contributed by atoms with van der Waals surface area (Å²) in [5, 5.41) is 30.1. The highest BCUT2D eigenvalue weighted by Crippen LogP contribution is 2.39. The molecule has 1 fully saturated rings. The fraction of sp³-hybridized carbons (Fsp3) is 0.355. The van der Waals surface area contributed by atoms with Crippen molar-refractivity contribution in [3.05, 3.63) is 95.1 Å². The molecule has 1 amide bonds. The molecule has 3 aromatic carbocycles. The van der Waals surface area contributed by atoms with Crippen molar-refractivity contribution >= 4 is 23.6 Å². The number of carbonyl (C=O) groups is 2. The number of carboxylic acid groups (broad SMARTS) is 1. The number of hydrogen-bond donors (Lipinski definition) is 4. The minimum atomic E-state index is -0.993. The van der Waals surface area contributed by atoms with E-state index < -0.39 is 12.3 Å². The van der Waals surface area contributed by atoms with E-state index in [2.05, 4.69) is 5.32 Å². The molecule has 8 nitrogen and oxygen atoms in total. The highest BCUT2D eigenvalue weighted by molar-refractivity contribution is 7.99. The number of aliphatic carboxylic acids is 1. The Morgan fingerprint density at radius 1 is 0.875 bits per heavy atom. The largest absolute Gasteiger partial charge is 0.481 e. The average molecular weight is 566 g/mol. The highest BCUT2D eigenvalue weighted by Gasteiger charge is 2.32. The molecule has 1 heterocycles. The Hall–Kier alpha value is -3.21. The van der Waals surface area contributed by atoms with Crippen molar-refractivity contribution < 1.29 is 34.4 Å². The first-order valence-corrected chi connectivity index (χ1v) is 14.5. The summed E-state index contributed by atoms with van der Waals surface area (Å²) in [6, 6.07) is 23.7. The highest BCUT2D eigenvalue weighted by atomic mass is 32.2. The first-order valence-electron chi connectivity index (χ1n) is 13.3. The zero-order valence-electron chi connectivity index (χ0n) is 22.2. The molecule has 9 heteroatoms. The number of aliphatic hydroxyl groups excluding tert-OH is 2. The molecular formula is C31H35NO7S. The van der Waals surface area contributed by atoms with E-state index in [4.69, 9.17) is 14.6 Å². The van der Waals surface area contributed by atoms with Gasteiger partial charge in [0.25, 0.3) is 0 Å². The molecule has 3 atom stereocenters. The summed E-state index contributed by atoms with van der Waals surface area (Å²) in [4.78, 5) is 22.5. The maximum absolute atomic E-state index is 11.9. The standard InChI is InChI=1S/C31H35NO7S/c33-14-15-40-20-27-17-28(24-6-4-21(19-34)5-7-24)39-31(38-27)25-10-8-23(9-11-25)26-3-1-2-22(16-26)18-32-29(35)12-13-30(36)37/h1-11,16,27-28,31,33-34H,12-15,17-20H2,(H,32,35)(H,36,37). The van der Waals surface area contributed by atoms with Crippen LogP contribution in [0.1, 0.15) is 53.9 Å².